The summed E-state index contributed by atoms with van der Waals surface area (Å²) >= 11 is 0. The van der Waals surface area contributed by atoms with Crippen LogP contribution in [0.2, 0.25) is 0 Å². The highest BCUT2D eigenvalue weighted by Gasteiger charge is 2.12. The van der Waals surface area contributed by atoms with E-state index in [1.165, 1.54) is 0 Å². The van der Waals surface area contributed by atoms with Crippen LogP contribution in [0.3, 0.4) is 0 Å². The van der Waals surface area contributed by atoms with Crippen molar-refractivity contribution in [1.29, 1.82) is 0 Å². The van der Waals surface area contributed by atoms with Gasteiger partial charge in [-0.3, -0.25) is 9.59 Å². The lowest BCUT2D eigenvalue weighted by molar-refractivity contribution is -0.124. The number of H-pyrrole nitrogens is 1. The quantitative estimate of drug-likeness (QED) is 0.713. The number of aryl methyl sites for hydroxylation is 1. The molecule has 0 aliphatic heterocycles. The van der Waals surface area contributed by atoms with Crippen LogP contribution in [0, 0.1) is 12.8 Å². The second-order valence-corrected chi connectivity index (χ2v) is 5.75. The summed E-state index contributed by atoms with van der Waals surface area (Å²) in [5.41, 5.74) is 3.09. The molecule has 5 heteroatoms. The van der Waals surface area contributed by atoms with Crippen LogP contribution in [0.5, 0.6) is 0 Å². The fraction of sp³-hybridized carbons (Fsp3) is 0.412. The number of rotatable bonds is 6. The van der Waals surface area contributed by atoms with E-state index in [1.807, 2.05) is 45.0 Å². The Morgan fingerprint density at radius 3 is 2.55 bits per heavy atom. The third-order valence-corrected chi connectivity index (χ3v) is 3.64. The largest absolute Gasteiger partial charge is 0.358 e. The van der Waals surface area contributed by atoms with Gasteiger partial charge in [-0.2, -0.15) is 0 Å². The van der Waals surface area contributed by atoms with Crippen LogP contribution in [0.25, 0.3) is 10.9 Å². The highest BCUT2D eigenvalue weighted by Crippen LogP contribution is 2.22. The Hall–Kier alpha value is -2.30. The van der Waals surface area contributed by atoms with Crippen molar-refractivity contribution in [2.75, 3.05) is 13.1 Å². The van der Waals surface area contributed by atoms with E-state index in [4.69, 9.17) is 0 Å². The van der Waals surface area contributed by atoms with Gasteiger partial charge in [0.1, 0.15) is 0 Å². The normalized spacial score (nSPS) is 10.9. The molecule has 0 saturated heterocycles. The summed E-state index contributed by atoms with van der Waals surface area (Å²) < 4.78 is 0. The van der Waals surface area contributed by atoms with Gasteiger partial charge in [-0.1, -0.05) is 32.0 Å². The number of benzene rings is 1. The van der Waals surface area contributed by atoms with Gasteiger partial charge in [0.2, 0.25) is 11.8 Å². The molecule has 0 aliphatic rings. The predicted octanol–water partition coefficient (Wildman–Crippen LogP) is 1.91. The first-order chi connectivity index (χ1) is 10.5. The van der Waals surface area contributed by atoms with Crippen LogP contribution < -0.4 is 10.6 Å². The summed E-state index contributed by atoms with van der Waals surface area (Å²) in [5.74, 6) is -0.0713. The van der Waals surface area contributed by atoms with Gasteiger partial charge in [-0.25, -0.2) is 0 Å². The Morgan fingerprint density at radius 2 is 1.82 bits per heavy atom. The molecular weight excluding hydrogens is 278 g/mol. The molecule has 1 aromatic carbocycles. The van der Waals surface area contributed by atoms with Gasteiger partial charge in [0.05, 0.1) is 6.42 Å². The van der Waals surface area contributed by atoms with Crippen molar-refractivity contribution in [1.82, 2.24) is 15.6 Å². The lowest BCUT2D eigenvalue weighted by Crippen LogP contribution is -2.36. The number of aromatic nitrogens is 1. The van der Waals surface area contributed by atoms with Crippen molar-refractivity contribution in [3.63, 3.8) is 0 Å². The topological polar surface area (TPSA) is 74.0 Å². The Bertz CT molecular complexity index is 674. The molecule has 3 N–H and O–H groups in total. The molecule has 1 aromatic heterocycles. The molecule has 2 aromatic rings. The van der Waals surface area contributed by atoms with Crippen LogP contribution in [0.1, 0.15) is 25.1 Å². The molecule has 0 radical (unpaired) electrons. The van der Waals surface area contributed by atoms with Crippen LogP contribution in [-0.4, -0.2) is 29.9 Å². The van der Waals surface area contributed by atoms with E-state index in [-0.39, 0.29) is 17.7 Å². The molecule has 0 spiro atoms. The molecule has 1 heterocycles. The van der Waals surface area contributed by atoms with Crippen molar-refractivity contribution in [3.8, 4) is 0 Å². The number of amides is 2. The van der Waals surface area contributed by atoms with E-state index in [2.05, 4.69) is 15.6 Å². The molecule has 2 amide bonds. The summed E-state index contributed by atoms with van der Waals surface area (Å²) in [6, 6.07) is 7.97. The third kappa shape index (κ3) is 3.87. The van der Waals surface area contributed by atoms with Gasteiger partial charge in [-0.05, 0) is 18.6 Å². The lowest BCUT2D eigenvalue weighted by atomic mass is 10.1. The first-order valence-corrected chi connectivity index (χ1v) is 7.59. The number of hydrogen-bond donors (Lipinski definition) is 3. The molecule has 0 atom stereocenters. The fourth-order valence-electron chi connectivity index (χ4n) is 2.38. The maximum Gasteiger partial charge on any atom is 0.224 e. The average Bonchev–Trinajstić information content (AvgIpc) is 2.79. The number of para-hydroxylation sites is 1. The lowest BCUT2D eigenvalue weighted by Gasteiger charge is -2.09. The van der Waals surface area contributed by atoms with E-state index in [9.17, 15) is 9.59 Å². The van der Waals surface area contributed by atoms with Gasteiger partial charge >= 0.3 is 0 Å². The highest BCUT2D eigenvalue weighted by atomic mass is 16.2. The van der Waals surface area contributed by atoms with Crippen molar-refractivity contribution in [2.24, 2.45) is 5.92 Å². The Kier molecular flexibility index (Phi) is 5.20. The first kappa shape index (κ1) is 16.1. The van der Waals surface area contributed by atoms with Crippen molar-refractivity contribution >= 4 is 22.7 Å². The van der Waals surface area contributed by atoms with Crippen LogP contribution in [0.4, 0.5) is 0 Å². The number of nitrogens with one attached hydrogen (secondary N) is 3. The first-order valence-electron chi connectivity index (χ1n) is 7.59. The zero-order chi connectivity index (χ0) is 16.1. The van der Waals surface area contributed by atoms with Crippen LogP contribution in [-0.2, 0) is 16.0 Å². The minimum atomic E-state index is -0.0374. The Labute approximate surface area is 130 Å². The van der Waals surface area contributed by atoms with E-state index in [1.54, 1.807) is 0 Å². The minimum Gasteiger partial charge on any atom is -0.358 e. The number of carbonyl (C=O) groups excluding carboxylic acids is 2. The fourth-order valence-corrected chi connectivity index (χ4v) is 2.38. The molecular formula is C17H23N3O2. The number of carbonyl (C=O) groups is 2. The molecule has 0 aliphatic carbocycles. The second kappa shape index (κ2) is 7.11. The zero-order valence-electron chi connectivity index (χ0n) is 13.3. The molecule has 118 valence electrons. The van der Waals surface area contributed by atoms with E-state index >= 15 is 0 Å². The third-order valence-electron chi connectivity index (χ3n) is 3.64. The van der Waals surface area contributed by atoms with E-state index < -0.39 is 0 Å². The molecule has 2 rings (SSSR count). The van der Waals surface area contributed by atoms with Crippen molar-refractivity contribution < 1.29 is 9.59 Å². The van der Waals surface area contributed by atoms with Crippen LogP contribution in [0.15, 0.2) is 24.3 Å². The van der Waals surface area contributed by atoms with Gasteiger partial charge in [0.25, 0.3) is 0 Å². The Balaban J connectivity index is 1.86. The maximum absolute atomic E-state index is 12.0. The van der Waals surface area contributed by atoms with Crippen molar-refractivity contribution in [2.45, 2.75) is 27.2 Å². The van der Waals surface area contributed by atoms with Crippen molar-refractivity contribution in [3.05, 3.63) is 35.5 Å². The SMILES string of the molecule is Cc1[nH]c2ccccc2c1CC(=O)NCCNC(=O)C(C)C. The number of fused-ring (bicyclic) bond motifs is 1. The molecule has 0 saturated carbocycles. The van der Waals surface area contributed by atoms with Gasteiger partial charge in [0, 0.05) is 35.6 Å². The Morgan fingerprint density at radius 1 is 1.14 bits per heavy atom. The summed E-state index contributed by atoms with van der Waals surface area (Å²) in [4.78, 5) is 26.7. The van der Waals surface area contributed by atoms with E-state index in [0.717, 1.165) is 22.2 Å². The van der Waals surface area contributed by atoms with Crippen LogP contribution >= 0.6 is 0 Å². The molecule has 22 heavy (non-hydrogen) atoms. The molecule has 5 nitrogen and oxygen atoms in total. The summed E-state index contributed by atoms with van der Waals surface area (Å²) in [7, 11) is 0. The smallest absolute Gasteiger partial charge is 0.224 e. The van der Waals surface area contributed by atoms with Gasteiger partial charge < -0.3 is 15.6 Å². The zero-order valence-corrected chi connectivity index (χ0v) is 13.3. The second-order valence-electron chi connectivity index (χ2n) is 5.75. The van der Waals surface area contributed by atoms with E-state index in [0.29, 0.717) is 19.5 Å². The highest BCUT2D eigenvalue weighted by molar-refractivity contribution is 5.90. The predicted molar refractivity (Wildman–Crippen MR) is 87.6 cm³/mol. The summed E-state index contributed by atoms with van der Waals surface area (Å²) in [6.07, 6.45) is 0.341. The molecule has 0 bridgehead atoms. The van der Waals surface area contributed by atoms with Gasteiger partial charge in [-0.15, -0.1) is 0 Å². The minimum absolute atomic E-state index is 0.00159. The molecule has 0 unspecified atom stereocenters. The average molecular weight is 301 g/mol. The molecule has 0 fully saturated rings. The monoisotopic (exact) mass is 301 g/mol. The summed E-state index contributed by atoms with van der Waals surface area (Å²) in [5, 5.41) is 6.70. The number of hydrogen-bond acceptors (Lipinski definition) is 2. The summed E-state index contributed by atoms with van der Waals surface area (Å²) in [6.45, 7) is 6.56. The number of aromatic amines is 1. The standard InChI is InChI=1S/C17H23N3O2/c1-11(2)17(22)19-9-8-18-16(21)10-14-12(3)20-15-7-5-4-6-13(14)15/h4-7,11,20H,8-10H2,1-3H3,(H,18,21)(H,19,22). The maximum atomic E-state index is 12.0. The van der Waals surface area contributed by atoms with Gasteiger partial charge in [0.15, 0.2) is 0 Å².